The number of hydrogen-bond donors (Lipinski definition) is 3. The lowest BCUT2D eigenvalue weighted by Gasteiger charge is -2.12. The number of aliphatic hydroxyl groups excluding tert-OH is 1. The van der Waals surface area contributed by atoms with Crippen LogP contribution in [0.25, 0.3) is 0 Å². The zero-order valence-corrected chi connectivity index (χ0v) is 11.4. The van der Waals surface area contributed by atoms with Crippen LogP contribution in [0.2, 0.25) is 0 Å². The molecular formula is C16H17FN2O2. The average Bonchev–Trinajstić information content (AvgIpc) is 2.50. The Morgan fingerprint density at radius 1 is 1.10 bits per heavy atom. The predicted molar refractivity (Wildman–Crippen MR) is 79.4 cm³/mol. The summed E-state index contributed by atoms with van der Waals surface area (Å²) in [6.07, 6.45) is -0.255. The van der Waals surface area contributed by atoms with Gasteiger partial charge in [-0.3, -0.25) is 0 Å². The molecule has 110 valence electrons. The lowest BCUT2D eigenvalue weighted by atomic mass is 10.1. The third-order valence-corrected chi connectivity index (χ3v) is 3.01. The summed E-state index contributed by atoms with van der Waals surface area (Å²) in [7, 11) is 0. The maximum atomic E-state index is 13.3. The normalized spacial score (nSPS) is 11.7. The smallest absolute Gasteiger partial charge is 0.319 e. The summed E-state index contributed by atoms with van der Waals surface area (Å²) in [6, 6.07) is 14.6. The van der Waals surface area contributed by atoms with Gasteiger partial charge in [-0.2, -0.15) is 0 Å². The molecule has 0 fully saturated rings. The molecule has 2 aromatic carbocycles. The van der Waals surface area contributed by atoms with Gasteiger partial charge in [0.2, 0.25) is 0 Å². The monoisotopic (exact) mass is 288 g/mol. The van der Waals surface area contributed by atoms with Crippen molar-refractivity contribution in [3.63, 3.8) is 0 Å². The fraction of sp³-hybridized carbons (Fsp3) is 0.188. The second-order valence-corrected chi connectivity index (χ2v) is 4.58. The van der Waals surface area contributed by atoms with Gasteiger partial charge in [0.1, 0.15) is 5.82 Å². The van der Waals surface area contributed by atoms with Crippen LogP contribution < -0.4 is 10.6 Å². The Morgan fingerprint density at radius 3 is 2.48 bits per heavy atom. The van der Waals surface area contributed by atoms with Crippen LogP contribution in [0.3, 0.4) is 0 Å². The van der Waals surface area contributed by atoms with E-state index in [0.29, 0.717) is 6.42 Å². The molecule has 0 aliphatic rings. The van der Waals surface area contributed by atoms with E-state index in [9.17, 15) is 14.3 Å². The molecular weight excluding hydrogens is 271 g/mol. The number of halogens is 1. The largest absolute Gasteiger partial charge is 0.388 e. The zero-order valence-electron chi connectivity index (χ0n) is 11.4. The van der Waals surface area contributed by atoms with Crippen LogP contribution in [-0.4, -0.2) is 17.7 Å². The second kappa shape index (κ2) is 7.40. The number of para-hydroxylation sites is 1. The van der Waals surface area contributed by atoms with Crippen LogP contribution in [0.15, 0.2) is 54.6 Å². The standard InChI is InChI=1S/C16H17FN2O2/c17-13-8-4-5-9-14(13)19-16(21)18-11-10-15(20)12-6-2-1-3-7-12/h1-9,15,20H,10-11H2,(H2,18,19,21)/t15-/m1/s1. The van der Waals surface area contributed by atoms with Gasteiger partial charge in [0.15, 0.2) is 0 Å². The molecule has 0 aliphatic carbocycles. The number of amides is 2. The maximum absolute atomic E-state index is 13.3. The third-order valence-electron chi connectivity index (χ3n) is 3.01. The topological polar surface area (TPSA) is 61.4 Å². The Morgan fingerprint density at radius 2 is 1.76 bits per heavy atom. The van der Waals surface area contributed by atoms with E-state index in [2.05, 4.69) is 10.6 Å². The lowest BCUT2D eigenvalue weighted by Crippen LogP contribution is -2.30. The summed E-state index contributed by atoms with van der Waals surface area (Å²) in [5.74, 6) is -0.489. The highest BCUT2D eigenvalue weighted by molar-refractivity contribution is 5.89. The van der Waals surface area contributed by atoms with Crippen molar-refractivity contribution < 1.29 is 14.3 Å². The molecule has 3 N–H and O–H groups in total. The van der Waals surface area contributed by atoms with Gasteiger partial charge in [-0.25, -0.2) is 9.18 Å². The minimum absolute atomic E-state index is 0.124. The Kier molecular flexibility index (Phi) is 5.29. The molecule has 0 unspecified atom stereocenters. The molecule has 0 aromatic heterocycles. The quantitative estimate of drug-likeness (QED) is 0.792. The van der Waals surface area contributed by atoms with E-state index in [-0.39, 0.29) is 12.2 Å². The molecule has 0 radical (unpaired) electrons. The summed E-state index contributed by atoms with van der Waals surface area (Å²) in [5, 5.41) is 14.9. The number of anilines is 1. The minimum atomic E-state index is -0.639. The Labute approximate surface area is 122 Å². The maximum Gasteiger partial charge on any atom is 0.319 e. The molecule has 0 heterocycles. The molecule has 2 aromatic rings. The van der Waals surface area contributed by atoms with Crippen LogP contribution in [0.1, 0.15) is 18.1 Å². The molecule has 2 amide bonds. The van der Waals surface area contributed by atoms with Gasteiger partial charge in [-0.1, -0.05) is 42.5 Å². The van der Waals surface area contributed by atoms with Gasteiger partial charge in [0.25, 0.3) is 0 Å². The molecule has 0 spiro atoms. The van der Waals surface area contributed by atoms with E-state index < -0.39 is 18.0 Å². The molecule has 2 rings (SSSR count). The van der Waals surface area contributed by atoms with Gasteiger partial charge >= 0.3 is 6.03 Å². The first kappa shape index (κ1) is 15.0. The van der Waals surface area contributed by atoms with Crippen molar-refractivity contribution in [2.24, 2.45) is 0 Å². The van der Waals surface area contributed by atoms with Crippen LogP contribution in [-0.2, 0) is 0 Å². The van der Waals surface area contributed by atoms with E-state index in [1.807, 2.05) is 30.3 Å². The van der Waals surface area contributed by atoms with E-state index in [1.165, 1.54) is 12.1 Å². The van der Waals surface area contributed by atoms with E-state index in [1.54, 1.807) is 12.1 Å². The van der Waals surface area contributed by atoms with Crippen molar-refractivity contribution in [2.45, 2.75) is 12.5 Å². The molecule has 5 heteroatoms. The van der Waals surface area contributed by atoms with E-state index >= 15 is 0 Å². The highest BCUT2D eigenvalue weighted by Gasteiger charge is 2.09. The molecule has 0 aliphatic heterocycles. The average molecular weight is 288 g/mol. The van der Waals surface area contributed by atoms with Gasteiger partial charge in [-0.15, -0.1) is 0 Å². The van der Waals surface area contributed by atoms with Crippen LogP contribution in [0.4, 0.5) is 14.9 Å². The molecule has 1 atom stereocenters. The van der Waals surface area contributed by atoms with Crippen LogP contribution in [0.5, 0.6) is 0 Å². The fourth-order valence-corrected chi connectivity index (χ4v) is 1.89. The van der Waals surface area contributed by atoms with Crippen molar-refractivity contribution in [3.8, 4) is 0 Å². The minimum Gasteiger partial charge on any atom is -0.388 e. The van der Waals surface area contributed by atoms with Gasteiger partial charge in [0, 0.05) is 6.54 Å². The highest BCUT2D eigenvalue weighted by Crippen LogP contribution is 2.15. The molecule has 0 bridgehead atoms. The summed E-state index contributed by atoms with van der Waals surface area (Å²) in [4.78, 5) is 11.6. The van der Waals surface area contributed by atoms with Crippen LogP contribution in [0, 0.1) is 5.82 Å². The zero-order chi connectivity index (χ0) is 15.1. The molecule has 0 saturated carbocycles. The first-order valence-electron chi connectivity index (χ1n) is 6.69. The Balaban J connectivity index is 1.76. The number of hydrogen-bond acceptors (Lipinski definition) is 2. The van der Waals surface area contributed by atoms with Crippen LogP contribution >= 0.6 is 0 Å². The predicted octanol–water partition coefficient (Wildman–Crippen LogP) is 3.07. The van der Waals surface area contributed by atoms with Gasteiger partial charge in [-0.05, 0) is 24.1 Å². The first-order valence-corrected chi connectivity index (χ1v) is 6.69. The van der Waals surface area contributed by atoms with E-state index in [4.69, 9.17) is 0 Å². The number of carbonyl (C=O) groups is 1. The van der Waals surface area contributed by atoms with E-state index in [0.717, 1.165) is 5.56 Å². The summed E-state index contributed by atoms with van der Waals surface area (Å²) in [5.41, 5.74) is 0.924. The number of carbonyl (C=O) groups excluding carboxylic acids is 1. The van der Waals surface area contributed by atoms with Crippen molar-refractivity contribution >= 4 is 11.7 Å². The lowest BCUT2D eigenvalue weighted by molar-refractivity contribution is 0.167. The molecule has 4 nitrogen and oxygen atoms in total. The number of urea groups is 1. The van der Waals surface area contributed by atoms with Crippen molar-refractivity contribution in [1.82, 2.24) is 5.32 Å². The fourth-order valence-electron chi connectivity index (χ4n) is 1.89. The summed E-state index contributed by atoms with van der Waals surface area (Å²) in [6.45, 7) is 0.288. The van der Waals surface area contributed by atoms with Crippen molar-refractivity contribution in [3.05, 3.63) is 66.0 Å². The number of aliphatic hydroxyl groups is 1. The molecule has 0 saturated heterocycles. The third kappa shape index (κ3) is 4.57. The number of nitrogens with one attached hydrogen (secondary N) is 2. The summed E-state index contributed by atoms with van der Waals surface area (Å²) < 4.78 is 13.3. The second-order valence-electron chi connectivity index (χ2n) is 4.58. The van der Waals surface area contributed by atoms with Crippen molar-refractivity contribution in [2.75, 3.05) is 11.9 Å². The number of rotatable bonds is 5. The highest BCUT2D eigenvalue weighted by atomic mass is 19.1. The summed E-state index contributed by atoms with van der Waals surface area (Å²) >= 11 is 0. The first-order chi connectivity index (χ1) is 10.2. The van der Waals surface area contributed by atoms with Crippen molar-refractivity contribution in [1.29, 1.82) is 0 Å². The SMILES string of the molecule is O=C(NCC[C@@H](O)c1ccccc1)Nc1ccccc1F. The number of benzene rings is 2. The van der Waals surface area contributed by atoms with Gasteiger partial charge < -0.3 is 15.7 Å². The Bertz CT molecular complexity index is 590. The Hall–Kier alpha value is -2.40. The van der Waals surface area contributed by atoms with Gasteiger partial charge in [0.05, 0.1) is 11.8 Å². The molecule has 21 heavy (non-hydrogen) atoms.